The number of nitrogen functional groups attached to an aromatic ring is 1. The van der Waals surface area contributed by atoms with Gasteiger partial charge in [0.25, 0.3) is 0 Å². The van der Waals surface area contributed by atoms with Gasteiger partial charge in [-0.2, -0.15) is 0 Å². The van der Waals surface area contributed by atoms with Gasteiger partial charge in [0, 0.05) is 11.3 Å². The molecule has 3 rings (SSSR count). The first-order valence-corrected chi connectivity index (χ1v) is 8.98. The van der Waals surface area contributed by atoms with E-state index in [1.54, 1.807) is 12.1 Å². The van der Waals surface area contributed by atoms with Gasteiger partial charge >= 0.3 is 5.97 Å². The zero-order chi connectivity index (χ0) is 18.4. The van der Waals surface area contributed by atoms with E-state index in [-0.39, 0.29) is 5.56 Å². The van der Waals surface area contributed by atoms with E-state index in [4.69, 9.17) is 15.7 Å². The van der Waals surface area contributed by atoms with Crippen molar-refractivity contribution in [1.29, 1.82) is 0 Å². The summed E-state index contributed by atoms with van der Waals surface area (Å²) in [7, 11) is 0. The Balaban J connectivity index is 1.45. The highest BCUT2D eigenvalue weighted by atomic mass is 32.2. The molecule has 0 amide bonds. The predicted molar refractivity (Wildman–Crippen MR) is 99.8 cm³/mol. The molecule has 3 aromatic rings. The minimum Gasteiger partial charge on any atom is -0.494 e. The van der Waals surface area contributed by atoms with Crippen LogP contribution in [0.25, 0.3) is 11.4 Å². The van der Waals surface area contributed by atoms with E-state index >= 15 is 0 Å². The van der Waals surface area contributed by atoms with Gasteiger partial charge < -0.3 is 15.7 Å². The minimum atomic E-state index is -0.950. The molecule has 1 heterocycles. The fourth-order valence-corrected chi connectivity index (χ4v) is 3.03. The van der Waals surface area contributed by atoms with Crippen molar-refractivity contribution < 1.29 is 14.6 Å². The number of nitrogens with two attached hydrogens (primary N) is 1. The van der Waals surface area contributed by atoms with Gasteiger partial charge in [0.2, 0.25) is 5.16 Å². The van der Waals surface area contributed by atoms with Crippen LogP contribution in [0.4, 0.5) is 0 Å². The Bertz CT molecular complexity index is 866. The van der Waals surface area contributed by atoms with Crippen molar-refractivity contribution in [2.45, 2.75) is 11.6 Å². The van der Waals surface area contributed by atoms with Crippen molar-refractivity contribution in [2.75, 3.05) is 18.2 Å². The maximum Gasteiger partial charge on any atom is 0.335 e. The summed E-state index contributed by atoms with van der Waals surface area (Å²) in [6.45, 7) is 0.518. The third-order valence-corrected chi connectivity index (χ3v) is 4.62. The van der Waals surface area contributed by atoms with E-state index in [2.05, 4.69) is 10.2 Å². The molecule has 0 bridgehead atoms. The van der Waals surface area contributed by atoms with Crippen molar-refractivity contribution in [3.05, 3.63) is 60.2 Å². The quantitative estimate of drug-likeness (QED) is 0.357. The fraction of sp³-hybridized carbons (Fsp3) is 0.167. The van der Waals surface area contributed by atoms with Crippen molar-refractivity contribution in [3.8, 4) is 17.1 Å². The summed E-state index contributed by atoms with van der Waals surface area (Å²) in [5, 5.41) is 17.8. The van der Waals surface area contributed by atoms with E-state index in [1.807, 2.05) is 30.3 Å². The van der Waals surface area contributed by atoms with Crippen LogP contribution in [0.15, 0.2) is 59.8 Å². The highest BCUT2D eigenvalue weighted by molar-refractivity contribution is 7.99. The Labute approximate surface area is 154 Å². The van der Waals surface area contributed by atoms with Gasteiger partial charge in [-0.15, -0.1) is 10.2 Å². The molecule has 0 unspecified atom stereocenters. The molecule has 0 aliphatic heterocycles. The molecule has 0 aliphatic rings. The molecule has 0 spiro atoms. The van der Waals surface area contributed by atoms with E-state index in [1.165, 1.54) is 28.6 Å². The molecule has 7 nitrogen and oxygen atoms in total. The highest BCUT2D eigenvalue weighted by Crippen LogP contribution is 2.22. The summed E-state index contributed by atoms with van der Waals surface area (Å²) in [5.41, 5.74) is 1.16. The summed E-state index contributed by atoms with van der Waals surface area (Å²) in [6.07, 6.45) is 0.791. The van der Waals surface area contributed by atoms with Gasteiger partial charge in [0.1, 0.15) is 5.75 Å². The van der Waals surface area contributed by atoms with E-state index in [0.717, 1.165) is 17.7 Å². The van der Waals surface area contributed by atoms with Gasteiger partial charge in [-0.3, -0.25) is 0 Å². The van der Waals surface area contributed by atoms with E-state index < -0.39 is 5.97 Å². The van der Waals surface area contributed by atoms with Crippen LogP contribution in [0.3, 0.4) is 0 Å². The van der Waals surface area contributed by atoms with Crippen molar-refractivity contribution in [2.24, 2.45) is 0 Å². The number of rotatable bonds is 8. The molecule has 3 N–H and O–H groups in total. The third-order valence-electron chi connectivity index (χ3n) is 3.59. The number of aromatic nitrogens is 3. The number of hydrogen-bond donors (Lipinski definition) is 2. The van der Waals surface area contributed by atoms with Crippen molar-refractivity contribution in [1.82, 2.24) is 14.9 Å². The normalized spacial score (nSPS) is 10.6. The van der Waals surface area contributed by atoms with Gasteiger partial charge in [0.15, 0.2) is 5.82 Å². The molecule has 2 aromatic carbocycles. The number of carboxylic acid groups (broad SMARTS) is 1. The average Bonchev–Trinajstić information content (AvgIpc) is 3.03. The Morgan fingerprint density at radius 1 is 1.12 bits per heavy atom. The number of thioether (sulfide) groups is 1. The van der Waals surface area contributed by atoms with Crippen LogP contribution < -0.4 is 10.6 Å². The minimum absolute atomic E-state index is 0.240. The first-order valence-electron chi connectivity index (χ1n) is 8.00. The molecule has 0 aliphatic carbocycles. The van der Waals surface area contributed by atoms with Crippen LogP contribution in [0.2, 0.25) is 0 Å². The van der Waals surface area contributed by atoms with E-state index in [9.17, 15) is 4.79 Å². The molecular formula is C18H18N4O3S. The first-order chi connectivity index (χ1) is 12.6. The summed E-state index contributed by atoms with van der Waals surface area (Å²) in [6, 6.07) is 16.0. The largest absolute Gasteiger partial charge is 0.494 e. The number of hydrogen-bond acceptors (Lipinski definition) is 6. The molecule has 1 aromatic heterocycles. The zero-order valence-electron chi connectivity index (χ0n) is 13.9. The molecule has 0 saturated heterocycles. The lowest BCUT2D eigenvalue weighted by Crippen LogP contribution is -2.11. The summed E-state index contributed by atoms with van der Waals surface area (Å²) < 4.78 is 7.09. The Kier molecular flexibility index (Phi) is 5.75. The predicted octanol–water partition coefficient (Wildman–Crippen LogP) is 2.92. The Morgan fingerprint density at radius 3 is 2.54 bits per heavy atom. The van der Waals surface area contributed by atoms with Gasteiger partial charge in [-0.25, -0.2) is 9.47 Å². The zero-order valence-corrected chi connectivity index (χ0v) is 14.7. The number of carbonyl (C=O) groups is 1. The number of aromatic carboxylic acids is 1. The molecule has 26 heavy (non-hydrogen) atoms. The maximum atomic E-state index is 10.8. The highest BCUT2D eigenvalue weighted by Gasteiger charge is 2.11. The van der Waals surface area contributed by atoms with Crippen LogP contribution in [0.1, 0.15) is 16.8 Å². The standard InChI is InChI=1S/C18H18N4O3S/c19-22-16(13-5-2-1-3-6-13)20-21-18(22)26-12-4-11-25-15-9-7-14(8-10-15)17(23)24/h1-3,5-10H,4,11-12,19H2,(H,23,24). The molecule has 0 radical (unpaired) electrons. The Hall–Kier alpha value is -3.00. The Morgan fingerprint density at radius 2 is 1.85 bits per heavy atom. The van der Waals surface area contributed by atoms with Crippen LogP contribution >= 0.6 is 11.8 Å². The lowest BCUT2D eigenvalue weighted by Gasteiger charge is -2.06. The molecule has 134 valence electrons. The number of ether oxygens (including phenoxy) is 1. The smallest absolute Gasteiger partial charge is 0.335 e. The first kappa shape index (κ1) is 17.8. The second kappa shape index (κ2) is 8.39. The molecule has 0 saturated carbocycles. The lowest BCUT2D eigenvalue weighted by atomic mass is 10.2. The summed E-state index contributed by atoms with van der Waals surface area (Å²) in [5.74, 6) is 7.17. The fourth-order valence-electron chi connectivity index (χ4n) is 2.27. The SMILES string of the molecule is Nn1c(SCCCOc2ccc(C(=O)O)cc2)nnc1-c1ccccc1. The molecular weight excluding hydrogens is 352 g/mol. The lowest BCUT2D eigenvalue weighted by molar-refractivity contribution is 0.0697. The van der Waals surface area contributed by atoms with E-state index in [0.29, 0.717) is 23.3 Å². The van der Waals surface area contributed by atoms with Crippen molar-refractivity contribution >= 4 is 17.7 Å². The third kappa shape index (κ3) is 4.34. The van der Waals surface area contributed by atoms with Gasteiger partial charge in [0.05, 0.1) is 12.2 Å². The van der Waals surface area contributed by atoms with Gasteiger partial charge in [-0.05, 0) is 30.7 Å². The van der Waals surface area contributed by atoms with Gasteiger partial charge in [-0.1, -0.05) is 42.1 Å². The molecule has 0 fully saturated rings. The topological polar surface area (TPSA) is 103 Å². The van der Waals surface area contributed by atoms with Crippen LogP contribution in [-0.2, 0) is 0 Å². The summed E-state index contributed by atoms with van der Waals surface area (Å²) >= 11 is 1.51. The van der Waals surface area contributed by atoms with Crippen LogP contribution in [0.5, 0.6) is 5.75 Å². The number of nitrogens with zero attached hydrogens (tertiary/aromatic N) is 3. The molecule has 8 heteroatoms. The number of benzene rings is 2. The maximum absolute atomic E-state index is 10.8. The van der Waals surface area contributed by atoms with Crippen molar-refractivity contribution in [3.63, 3.8) is 0 Å². The van der Waals surface area contributed by atoms with Crippen LogP contribution in [0, 0.1) is 0 Å². The second-order valence-electron chi connectivity index (χ2n) is 5.42. The molecule has 0 atom stereocenters. The second-order valence-corrected chi connectivity index (χ2v) is 6.48. The van der Waals surface area contributed by atoms with Crippen LogP contribution in [-0.4, -0.2) is 38.3 Å². The number of carboxylic acids is 1. The summed E-state index contributed by atoms with van der Waals surface area (Å²) in [4.78, 5) is 10.8. The average molecular weight is 370 g/mol. The monoisotopic (exact) mass is 370 g/mol.